The molecule has 0 amide bonds. The molecule has 13 heterocycles. The van der Waals surface area contributed by atoms with Gasteiger partial charge in [-0.2, -0.15) is 0 Å². The van der Waals surface area contributed by atoms with E-state index >= 15 is 0 Å². The predicted octanol–water partition coefficient (Wildman–Crippen LogP) is 10.0. The van der Waals surface area contributed by atoms with Gasteiger partial charge in [-0.15, -0.1) is 0 Å². The maximum atomic E-state index is 7.05. The van der Waals surface area contributed by atoms with E-state index in [0.717, 1.165) is 38.8 Å². The second-order valence-electron chi connectivity index (χ2n) is 26.2. The van der Waals surface area contributed by atoms with Gasteiger partial charge in [0.15, 0.2) is 46.3 Å². The maximum Gasteiger partial charge on any atom is 0.164 e. The zero-order chi connectivity index (χ0) is 56.5. The van der Waals surface area contributed by atoms with Gasteiger partial charge in [0.2, 0.25) is 0 Å². The molecule has 2 N–H and O–H groups in total. The number of ether oxygens (including phenoxy) is 16. The Morgan fingerprint density at radius 1 is 0.300 bits per heavy atom. The number of hydrogen-bond acceptors (Lipinski definition) is 18. The number of aromatic amines is 2. The van der Waals surface area contributed by atoms with Crippen LogP contribution >= 0.6 is 0 Å². The van der Waals surface area contributed by atoms with E-state index in [2.05, 4.69) is 34.2 Å². The molecule has 3 aromatic heterocycles. The summed E-state index contributed by atoms with van der Waals surface area (Å²) in [6.45, 7) is 31.7. The lowest BCUT2D eigenvalue weighted by atomic mass is 9.97. The molecule has 434 valence electrons. The Hall–Kier alpha value is -4.04. The van der Waals surface area contributed by atoms with Crippen LogP contribution in [-0.4, -0.2) is 141 Å². The van der Waals surface area contributed by atoms with Crippen LogP contribution in [0.25, 0.3) is 46.4 Å². The molecule has 0 aliphatic carbocycles. The highest BCUT2D eigenvalue weighted by atomic mass is 16.8. The summed E-state index contributed by atoms with van der Waals surface area (Å²) in [5.41, 5.74) is 8.27. The molecule has 3 aromatic rings. The van der Waals surface area contributed by atoms with Crippen LogP contribution in [0.1, 0.15) is 180 Å². The summed E-state index contributed by atoms with van der Waals surface area (Å²) >= 11 is 0. The fourth-order valence-corrected chi connectivity index (χ4v) is 13.1. The molecular weight excluding hydrogens is 1030 g/mol. The van der Waals surface area contributed by atoms with Crippen molar-refractivity contribution in [3.05, 3.63) is 69.3 Å². The SMILES string of the molecule is CC1(C)OC[C@@H]([C@@H]2OC(C)(C)O[C@H]2c2c3nc(c([C@@H]4OC(C)(C)O[C@H]4[C@@H]4COC(C)(C)O4)c4ccc([nH]4)c([C@@H]4OC(C)(C)O[C@H]4[C@@H]4COC(C)(C)O4)c4ccc([nH]4)c([C@@H]4OC(C)(C)O[C@H]4[C@@H]4COC(C)(C)O4)c4nc2C=C4)C=C3)O1. The first kappa shape index (κ1) is 55.2. The number of fused-ring (bicyclic) bond motifs is 8. The predicted molar refractivity (Wildman–Crippen MR) is 290 cm³/mol. The van der Waals surface area contributed by atoms with Crippen LogP contribution in [0.15, 0.2) is 24.3 Å². The zero-order valence-electron chi connectivity index (χ0n) is 48.8. The number of H-pyrrole nitrogens is 2. The molecule has 10 aliphatic rings. The first-order valence-corrected chi connectivity index (χ1v) is 28.2. The Kier molecular flexibility index (Phi) is 12.9. The topological polar surface area (TPSA) is 205 Å². The molecular formula is C60H78N4O16. The van der Waals surface area contributed by atoms with Gasteiger partial charge < -0.3 is 85.8 Å². The molecule has 8 bridgehead atoms. The molecule has 12 atom stereocenters. The van der Waals surface area contributed by atoms with E-state index in [4.69, 9.17) is 85.8 Å². The van der Waals surface area contributed by atoms with E-state index in [1.54, 1.807) is 0 Å². The Bertz CT molecular complexity index is 3040. The molecule has 0 unspecified atom stereocenters. The van der Waals surface area contributed by atoms with Crippen molar-refractivity contribution in [2.75, 3.05) is 26.4 Å². The van der Waals surface area contributed by atoms with E-state index in [1.807, 2.05) is 135 Å². The van der Waals surface area contributed by atoms with Gasteiger partial charge in [-0.3, -0.25) is 0 Å². The third-order valence-electron chi connectivity index (χ3n) is 16.2. The average molecular weight is 1110 g/mol. The molecule has 80 heavy (non-hydrogen) atoms. The molecule has 20 heteroatoms. The lowest BCUT2D eigenvalue weighted by Crippen LogP contribution is -2.35. The number of hydrogen-bond donors (Lipinski definition) is 2. The van der Waals surface area contributed by atoms with Gasteiger partial charge in [0.05, 0.1) is 49.2 Å². The van der Waals surface area contributed by atoms with Crippen LogP contribution in [0.4, 0.5) is 0 Å². The number of aromatic nitrogens is 4. The van der Waals surface area contributed by atoms with Gasteiger partial charge in [0.25, 0.3) is 0 Å². The minimum Gasteiger partial charge on any atom is -0.355 e. The van der Waals surface area contributed by atoms with Crippen molar-refractivity contribution in [2.24, 2.45) is 0 Å². The van der Waals surface area contributed by atoms with Crippen molar-refractivity contribution in [1.29, 1.82) is 0 Å². The van der Waals surface area contributed by atoms with Crippen molar-refractivity contribution >= 4 is 46.4 Å². The Morgan fingerprint density at radius 2 is 0.537 bits per heavy atom. The van der Waals surface area contributed by atoms with Gasteiger partial charge in [-0.1, -0.05) is 0 Å². The molecule has 0 aromatic carbocycles. The standard InChI is InChI=1S/C60H78N4O16/c1-53(2)65-25-37(69-53)45-49(77-57(9,10)73-45)41-29-17-19-31(61-29)42(50-46(74-58(11,12)78-50)38-26-66-54(3,4)70-38)33-21-23-35(63-33)44(52-48(76-60(15,16)80-52)40-28-68-56(7,8)72-40)36-24-22-34(64-36)43(32-20-18-30(41)62-32)51-47(75-59(13,14)79-51)39-27-67-55(5,6)71-39/h17-24,37-40,45-52,61-62H,25-28H2,1-16H3/t37-,38-,39-,40-,45-,46-,47-,48-,49-,50-,51-,52-/m0/s1. The van der Waals surface area contributed by atoms with Crippen LogP contribution in [-0.2, 0) is 75.8 Å². The van der Waals surface area contributed by atoms with Gasteiger partial charge in [0, 0.05) is 44.3 Å². The molecule has 8 fully saturated rings. The van der Waals surface area contributed by atoms with Gasteiger partial charge in [0.1, 0.15) is 73.2 Å². The van der Waals surface area contributed by atoms with Crippen LogP contribution in [0.5, 0.6) is 0 Å². The smallest absolute Gasteiger partial charge is 0.164 e. The summed E-state index contributed by atoms with van der Waals surface area (Å²) in [7, 11) is 0. The largest absolute Gasteiger partial charge is 0.355 e. The summed E-state index contributed by atoms with van der Waals surface area (Å²) in [4.78, 5) is 19.0. The fourth-order valence-electron chi connectivity index (χ4n) is 13.1. The summed E-state index contributed by atoms with van der Waals surface area (Å²) in [5.74, 6) is -7.47. The van der Waals surface area contributed by atoms with Gasteiger partial charge >= 0.3 is 0 Å². The number of nitrogens with one attached hydrogen (secondary N) is 2. The summed E-state index contributed by atoms with van der Waals surface area (Å²) in [6, 6.07) is 8.22. The summed E-state index contributed by atoms with van der Waals surface area (Å²) in [6.07, 6.45) is 0.738. The van der Waals surface area contributed by atoms with E-state index in [0.29, 0.717) is 48.2 Å². The maximum absolute atomic E-state index is 7.05. The second-order valence-corrected chi connectivity index (χ2v) is 26.2. The molecule has 0 spiro atoms. The Morgan fingerprint density at radius 3 is 0.800 bits per heavy atom. The monoisotopic (exact) mass is 1110 g/mol. The lowest BCUT2D eigenvalue weighted by molar-refractivity contribution is -0.174. The number of nitrogens with zero attached hydrogens (tertiary/aromatic N) is 2. The minimum absolute atomic E-state index is 0.287. The Balaban J connectivity index is 1.11. The molecule has 10 aliphatic heterocycles. The van der Waals surface area contributed by atoms with Gasteiger partial charge in [-0.25, -0.2) is 9.97 Å². The van der Waals surface area contributed by atoms with Crippen molar-refractivity contribution in [3.63, 3.8) is 0 Å². The van der Waals surface area contributed by atoms with Gasteiger partial charge in [-0.05, 0) is 159 Å². The third kappa shape index (κ3) is 10.3. The average Bonchev–Trinajstić information content (AvgIpc) is 4.29. The highest BCUT2D eigenvalue weighted by Crippen LogP contribution is 2.51. The summed E-state index contributed by atoms with van der Waals surface area (Å²) in [5, 5.41) is 0. The molecule has 0 radical (unpaired) electrons. The van der Waals surface area contributed by atoms with Crippen molar-refractivity contribution in [1.82, 2.24) is 19.9 Å². The van der Waals surface area contributed by atoms with Crippen LogP contribution in [0, 0.1) is 0 Å². The quantitative estimate of drug-likeness (QED) is 0.148. The first-order valence-electron chi connectivity index (χ1n) is 28.2. The van der Waals surface area contributed by atoms with Crippen LogP contribution in [0.3, 0.4) is 0 Å². The summed E-state index contributed by atoms with van der Waals surface area (Å²) < 4.78 is 107. The third-order valence-corrected chi connectivity index (χ3v) is 16.2. The van der Waals surface area contributed by atoms with Crippen molar-refractivity contribution in [2.45, 2.75) is 230 Å². The fraction of sp³-hybridized carbons (Fsp3) is 0.667. The normalized spacial score (nSPS) is 36.7. The van der Waals surface area contributed by atoms with Crippen molar-refractivity contribution < 1.29 is 75.8 Å². The van der Waals surface area contributed by atoms with E-state index in [-0.39, 0.29) is 6.61 Å². The van der Waals surface area contributed by atoms with E-state index in [9.17, 15) is 0 Å². The molecule has 8 saturated heterocycles. The molecule has 20 nitrogen and oxygen atoms in total. The molecule has 0 saturated carbocycles. The second kappa shape index (κ2) is 18.7. The highest BCUT2D eigenvalue weighted by molar-refractivity contribution is 5.84. The number of rotatable bonds is 8. The zero-order valence-corrected chi connectivity index (χ0v) is 48.8. The van der Waals surface area contributed by atoms with E-state index < -0.39 is 120 Å². The first-order chi connectivity index (χ1) is 37.4. The highest BCUT2D eigenvalue weighted by Gasteiger charge is 2.56. The Labute approximate surface area is 466 Å². The van der Waals surface area contributed by atoms with Crippen molar-refractivity contribution in [3.8, 4) is 0 Å². The van der Waals surface area contributed by atoms with Crippen LogP contribution in [0.2, 0.25) is 0 Å². The minimum atomic E-state index is -1.03. The molecule has 13 rings (SSSR count). The van der Waals surface area contributed by atoms with E-state index in [1.165, 1.54) is 0 Å². The van der Waals surface area contributed by atoms with Crippen LogP contribution < -0.4 is 0 Å². The lowest BCUT2D eigenvalue weighted by Gasteiger charge is -2.25.